The Kier molecular flexibility index (Phi) is 4.18. The molecule has 2 aromatic rings. The Hall–Kier alpha value is -1.51. The Morgan fingerprint density at radius 2 is 2.00 bits per heavy atom. The molecule has 2 nitrogen and oxygen atoms in total. The summed E-state index contributed by atoms with van der Waals surface area (Å²) in [5.41, 5.74) is 2.97. The minimum Gasteiger partial charge on any atom is -0.496 e. The quantitative estimate of drug-likeness (QED) is 0.887. The van der Waals surface area contributed by atoms with Crippen molar-refractivity contribution in [1.82, 2.24) is 0 Å². The van der Waals surface area contributed by atoms with Gasteiger partial charge in [0.2, 0.25) is 0 Å². The Morgan fingerprint density at radius 3 is 2.67 bits per heavy atom. The van der Waals surface area contributed by atoms with E-state index in [9.17, 15) is 5.11 Å². The van der Waals surface area contributed by atoms with Crippen molar-refractivity contribution in [1.29, 1.82) is 0 Å². The zero-order chi connectivity index (χ0) is 14.8. The molecule has 0 aromatic heterocycles. The monoisotopic (exact) mass is 302 g/mol. The van der Waals surface area contributed by atoms with E-state index >= 15 is 0 Å². The summed E-state index contributed by atoms with van der Waals surface area (Å²) < 4.78 is 5.33. The van der Waals surface area contributed by atoms with E-state index in [1.807, 2.05) is 18.2 Å². The van der Waals surface area contributed by atoms with Crippen molar-refractivity contribution in [3.05, 3.63) is 64.2 Å². The third-order valence-electron chi connectivity index (χ3n) is 4.29. The van der Waals surface area contributed by atoms with Gasteiger partial charge in [-0.2, -0.15) is 0 Å². The second-order valence-electron chi connectivity index (χ2n) is 5.59. The van der Waals surface area contributed by atoms with Gasteiger partial charge >= 0.3 is 0 Å². The molecule has 1 saturated carbocycles. The molecule has 21 heavy (non-hydrogen) atoms. The van der Waals surface area contributed by atoms with Gasteiger partial charge in [-0.3, -0.25) is 0 Å². The van der Waals surface area contributed by atoms with Crippen molar-refractivity contribution < 1.29 is 9.84 Å². The van der Waals surface area contributed by atoms with Crippen LogP contribution in [0.1, 0.15) is 48.0 Å². The van der Waals surface area contributed by atoms with Gasteiger partial charge in [-0.1, -0.05) is 48.4 Å². The molecule has 3 rings (SSSR count). The largest absolute Gasteiger partial charge is 0.496 e. The van der Waals surface area contributed by atoms with Crippen molar-refractivity contribution in [3.8, 4) is 5.75 Å². The number of aliphatic hydroxyl groups is 1. The lowest BCUT2D eigenvalue weighted by molar-refractivity contribution is 0.214. The SMILES string of the molecule is COc1cc(Cl)ccc1C(O)c1cccc(C2CCC2)c1. The van der Waals surface area contributed by atoms with Crippen LogP contribution in [0.2, 0.25) is 5.02 Å². The zero-order valence-corrected chi connectivity index (χ0v) is 12.8. The molecule has 2 aromatic carbocycles. The first-order chi connectivity index (χ1) is 10.2. The summed E-state index contributed by atoms with van der Waals surface area (Å²) in [6.45, 7) is 0. The molecule has 1 atom stereocenters. The van der Waals surface area contributed by atoms with Gasteiger partial charge in [-0.05, 0) is 42.0 Å². The number of benzene rings is 2. The highest BCUT2D eigenvalue weighted by atomic mass is 35.5. The van der Waals surface area contributed by atoms with Crippen LogP contribution in [-0.4, -0.2) is 12.2 Å². The smallest absolute Gasteiger partial charge is 0.126 e. The van der Waals surface area contributed by atoms with Gasteiger partial charge in [-0.15, -0.1) is 0 Å². The minimum absolute atomic E-state index is 0.603. The van der Waals surface area contributed by atoms with E-state index < -0.39 is 6.10 Å². The van der Waals surface area contributed by atoms with Gasteiger partial charge in [0, 0.05) is 10.6 Å². The highest BCUT2D eigenvalue weighted by Crippen LogP contribution is 2.38. The van der Waals surface area contributed by atoms with Gasteiger partial charge in [0.15, 0.2) is 0 Å². The molecule has 1 unspecified atom stereocenters. The zero-order valence-electron chi connectivity index (χ0n) is 12.1. The highest BCUT2D eigenvalue weighted by Gasteiger charge is 2.21. The molecule has 3 heteroatoms. The number of ether oxygens (including phenoxy) is 1. The maximum Gasteiger partial charge on any atom is 0.126 e. The molecule has 1 N–H and O–H groups in total. The molecule has 0 amide bonds. The Bertz CT molecular complexity index is 635. The first kappa shape index (κ1) is 14.4. The highest BCUT2D eigenvalue weighted by molar-refractivity contribution is 6.30. The second kappa shape index (κ2) is 6.08. The van der Waals surface area contributed by atoms with Crippen LogP contribution in [0.15, 0.2) is 42.5 Å². The molecular formula is C18H19ClO2. The first-order valence-electron chi connectivity index (χ1n) is 7.30. The Morgan fingerprint density at radius 1 is 1.19 bits per heavy atom. The van der Waals surface area contributed by atoms with Crippen LogP contribution < -0.4 is 4.74 Å². The lowest BCUT2D eigenvalue weighted by Gasteiger charge is -2.26. The van der Waals surface area contributed by atoms with E-state index in [4.69, 9.17) is 16.3 Å². The summed E-state index contributed by atoms with van der Waals surface area (Å²) in [5, 5.41) is 11.3. The van der Waals surface area contributed by atoms with Crippen LogP contribution in [0.25, 0.3) is 0 Å². The van der Waals surface area contributed by atoms with Gasteiger partial charge in [-0.25, -0.2) is 0 Å². The third-order valence-corrected chi connectivity index (χ3v) is 4.53. The van der Waals surface area contributed by atoms with Crippen LogP contribution in [0.5, 0.6) is 5.75 Å². The molecular weight excluding hydrogens is 284 g/mol. The summed E-state index contributed by atoms with van der Waals surface area (Å²) in [5.74, 6) is 1.27. The Balaban J connectivity index is 1.92. The van der Waals surface area contributed by atoms with E-state index in [-0.39, 0.29) is 0 Å². The first-order valence-corrected chi connectivity index (χ1v) is 7.68. The van der Waals surface area contributed by atoms with Gasteiger partial charge in [0.05, 0.1) is 7.11 Å². The van der Waals surface area contributed by atoms with Crippen LogP contribution in [0, 0.1) is 0 Å². The fraction of sp³-hybridized carbons (Fsp3) is 0.333. The molecule has 0 spiro atoms. The fourth-order valence-corrected chi connectivity index (χ4v) is 2.98. The van der Waals surface area contributed by atoms with Crippen LogP contribution in [0.4, 0.5) is 0 Å². The predicted octanol–water partition coefficient (Wildman–Crippen LogP) is 4.70. The average Bonchev–Trinajstić information content (AvgIpc) is 2.45. The number of hydrogen-bond acceptors (Lipinski definition) is 2. The number of hydrogen-bond donors (Lipinski definition) is 1. The van der Waals surface area contributed by atoms with E-state index in [2.05, 4.69) is 12.1 Å². The normalized spacial score (nSPS) is 16.3. The molecule has 1 fully saturated rings. The summed E-state index contributed by atoms with van der Waals surface area (Å²) >= 11 is 5.98. The third kappa shape index (κ3) is 2.92. The van der Waals surface area contributed by atoms with Crippen molar-refractivity contribution in [2.45, 2.75) is 31.3 Å². The molecule has 1 aliphatic rings. The summed E-state index contributed by atoms with van der Waals surface area (Å²) in [6, 6.07) is 13.6. The van der Waals surface area contributed by atoms with Gasteiger partial charge in [0.25, 0.3) is 0 Å². The average molecular weight is 303 g/mol. The van der Waals surface area contributed by atoms with E-state index in [1.165, 1.54) is 24.8 Å². The summed E-state index contributed by atoms with van der Waals surface area (Å²) in [4.78, 5) is 0. The minimum atomic E-state index is -0.697. The van der Waals surface area contributed by atoms with E-state index in [0.717, 1.165) is 11.1 Å². The summed E-state index contributed by atoms with van der Waals surface area (Å²) in [7, 11) is 1.59. The van der Waals surface area contributed by atoms with Crippen molar-refractivity contribution >= 4 is 11.6 Å². The lowest BCUT2D eigenvalue weighted by Crippen LogP contribution is -2.10. The fourth-order valence-electron chi connectivity index (χ4n) is 2.82. The van der Waals surface area contributed by atoms with E-state index in [1.54, 1.807) is 19.2 Å². The number of rotatable bonds is 4. The van der Waals surface area contributed by atoms with Crippen molar-refractivity contribution in [2.24, 2.45) is 0 Å². The second-order valence-corrected chi connectivity index (χ2v) is 6.02. The maximum absolute atomic E-state index is 10.7. The molecule has 0 radical (unpaired) electrons. The molecule has 1 aliphatic carbocycles. The van der Waals surface area contributed by atoms with Gasteiger partial charge in [0.1, 0.15) is 11.9 Å². The van der Waals surface area contributed by atoms with Crippen molar-refractivity contribution in [2.75, 3.05) is 7.11 Å². The van der Waals surface area contributed by atoms with Crippen LogP contribution in [0.3, 0.4) is 0 Å². The molecule has 0 heterocycles. The molecule has 0 aliphatic heterocycles. The summed E-state index contributed by atoms with van der Waals surface area (Å²) in [6.07, 6.45) is 3.12. The van der Waals surface area contributed by atoms with Gasteiger partial charge < -0.3 is 9.84 Å². The topological polar surface area (TPSA) is 29.5 Å². The Labute approximate surface area is 130 Å². The lowest BCUT2D eigenvalue weighted by atomic mass is 9.79. The maximum atomic E-state index is 10.7. The number of halogens is 1. The van der Waals surface area contributed by atoms with E-state index in [0.29, 0.717) is 16.7 Å². The van der Waals surface area contributed by atoms with Crippen molar-refractivity contribution in [3.63, 3.8) is 0 Å². The predicted molar refractivity (Wildman–Crippen MR) is 85.1 cm³/mol. The standard InChI is InChI=1S/C18H19ClO2/c1-21-17-11-15(19)8-9-16(17)18(20)14-7-3-6-13(10-14)12-4-2-5-12/h3,6-12,18,20H,2,4-5H2,1H3. The van der Waals surface area contributed by atoms with Crippen LogP contribution >= 0.6 is 11.6 Å². The van der Waals surface area contributed by atoms with Crippen LogP contribution in [-0.2, 0) is 0 Å². The molecule has 110 valence electrons. The molecule has 0 bridgehead atoms. The number of methoxy groups -OCH3 is 1. The number of aliphatic hydroxyl groups excluding tert-OH is 1. The molecule has 0 saturated heterocycles.